The standard InChI is InChI=1S/C13H17BrClN/c1-9(11-3-4-11)7-16-8-10-2-5-13(15)12(14)6-10/h2,5-6,9,11,16H,3-4,7-8H2,1H3. The third kappa shape index (κ3) is 3.47. The molecule has 0 bridgehead atoms. The van der Waals surface area contributed by atoms with Crippen LogP contribution in [0.2, 0.25) is 5.02 Å². The molecule has 1 aromatic carbocycles. The lowest BCUT2D eigenvalue weighted by molar-refractivity contribution is 0.461. The van der Waals surface area contributed by atoms with E-state index in [2.05, 4.69) is 40.3 Å². The van der Waals surface area contributed by atoms with E-state index in [4.69, 9.17) is 11.6 Å². The first-order chi connectivity index (χ1) is 7.66. The highest BCUT2D eigenvalue weighted by molar-refractivity contribution is 9.10. The molecule has 1 nitrogen and oxygen atoms in total. The molecule has 1 aliphatic rings. The fourth-order valence-electron chi connectivity index (χ4n) is 1.93. The van der Waals surface area contributed by atoms with Crippen LogP contribution in [0.3, 0.4) is 0 Å². The molecule has 1 unspecified atom stereocenters. The van der Waals surface area contributed by atoms with Crippen molar-refractivity contribution < 1.29 is 0 Å². The highest BCUT2D eigenvalue weighted by atomic mass is 79.9. The lowest BCUT2D eigenvalue weighted by Crippen LogP contribution is -2.21. The van der Waals surface area contributed by atoms with Gasteiger partial charge in [0.15, 0.2) is 0 Å². The highest BCUT2D eigenvalue weighted by Gasteiger charge is 2.27. The summed E-state index contributed by atoms with van der Waals surface area (Å²) in [7, 11) is 0. The Labute approximate surface area is 111 Å². The maximum Gasteiger partial charge on any atom is 0.0548 e. The summed E-state index contributed by atoms with van der Waals surface area (Å²) < 4.78 is 0.976. The van der Waals surface area contributed by atoms with Gasteiger partial charge in [0.25, 0.3) is 0 Å². The van der Waals surface area contributed by atoms with Crippen molar-refractivity contribution in [2.75, 3.05) is 6.54 Å². The molecule has 1 aliphatic carbocycles. The lowest BCUT2D eigenvalue weighted by atomic mass is 10.1. The van der Waals surface area contributed by atoms with Gasteiger partial charge in [-0.25, -0.2) is 0 Å². The Bertz CT molecular complexity index is 363. The molecule has 0 amide bonds. The molecule has 1 saturated carbocycles. The Hall–Kier alpha value is -0.0500. The average Bonchev–Trinajstić information content (AvgIpc) is 3.07. The number of nitrogens with one attached hydrogen (secondary N) is 1. The van der Waals surface area contributed by atoms with Crippen molar-refractivity contribution >= 4 is 27.5 Å². The van der Waals surface area contributed by atoms with E-state index in [1.807, 2.05) is 6.07 Å². The fraction of sp³-hybridized carbons (Fsp3) is 0.538. The summed E-state index contributed by atoms with van der Waals surface area (Å²) in [6.07, 6.45) is 2.85. The van der Waals surface area contributed by atoms with Gasteiger partial charge in [0.05, 0.1) is 5.02 Å². The van der Waals surface area contributed by atoms with Crippen LogP contribution in [-0.4, -0.2) is 6.54 Å². The van der Waals surface area contributed by atoms with E-state index in [0.29, 0.717) is 0 Å². The molecule has 16 heavy (non-hydrogen) atoms. The van der Waals surface area contributed by atoms with E-state index in [9.17, 15) is 0 Å². The second kappa shape index (κ2) is 5.52. The van der Waals surface area contributed by atoms with E-state index in [0.717, 1.165) is 34.4 Å². The summed E-state index contributed by atoms with van der Waals surface area (Å²) in [5, 5.41) is 4.28. The molecule has 1 N–H and O–H groups in total. The number of hydrogen-bond acceptors (Lipinski definition) is 1. The monoisotopic (exact) mass is 301 g/mol. The minimum absolute atomic E-state index is 0.773. The molecule has 0 saturated heterocycles. The molecule has 0 aromatic heterocycles. The SMILES string of the molecule is CC(CNCc1ccc(Cl)c(Br)c1)C1CC1. The van der Waals surface area contributed by atoms with Crippen LogP contribution in [0.15, 0.2) is 22.7 Å². The molecule has 1 fully saturated rings. The molecule has 1 aromatic rings. The van der Waals surface area contributed by atoms with Crippen molar-refractivity contribution in [3.63, 3.8) is 0 Å². The first-order valence-corrected chi connectivity index (χ1v) is 6.98. The van der Waals surface area contributed by atoms with Crippen molar-refractivity contribution in [2.45, 2.75) is 26.3 Å². The van der Waals surface area contributed by atoms with Crippen LogP contribution in [0, 0.1) is 11.8 Å². The number of hydrogen-bond donors (Lipinski definition) is 1. The minimum atomic E-state index is 0.773. The van der Waals surface area contributed by atoms with Crippen molar-refractivity contribution in [1.82, 2.24) is 5.32 Å². The molecule has 1 atom stereocenters. The zero-order chi connectivity index (χ0) is 11.5. The van der Waals surface area contributed by atoms with Gasteiger partial charge in [0.2, 0.25) is 0 Å². The van der Waals surface area contributed by atoms with Crippen molar-refractivity contribution in [2.24, 2.45) is 11.8 Å². The van der Waals surface area contributed by atoms with Crippen molar-refractivity contribution in [1.29, 1.82) is 0 Å². The van der Waals surface area contributed by atoms with Gasteiger partial charge >= 0.3 is 0 Å². The van der Waals surface area contributed by atoms with Gasteiger partial charge in [-0.05, 0) is 64.8 Å². The van der Waals surface area contributed by atoms with E-state index >= 15 is 0 Å². The van der Waals surface area contributed by atoms with E-state index in [1.54, 1.807) is 0 Å². The largest absolute Gasteiger partial charge is 0.312 e. The summed E-state index contributed by atoms with van der Waals surface area (Å²) in [5.41, 5.74) is 1.28. The van der Waals surface area contributed by atoms with Crippen molar-refractivity contribution in [3.8, 4) is 0 Å². The summed E-state index contributed by atoms with van der Waals surface area (Å²) >= 11 is 9.39. The van der Waals surface area contributed by atoms with E-state index < -0.39 is 0 Å². The first-order valence-electron chi connectivity index (χ1n) is 5.81. The van der Waals surface area contributed by atoms with Crippen LogP contribution in [0.25, 0.3) is 0 Å². The number of benzene rings is 1. The van der Waals surface area contributed by atoms with Gasteiger partial charge in [-0.3, -0.25) is 0 Å². The molecular weight excluding hydrogens is 286 g/mol. The van der Waals surface area contributed by atoms with Crippen LogP contribution in [0.5, 0.6) is 0 Å². The van der Waals surface area contributed by atoms with E-state index in [-0.39, 0.29) is 0 Å². The second-order valence-corrected chi connectivity index (χ2v) is 5.96. The number of halogens is 2. The molecule has 3 heteroatoms. The van der Waals surface area contributed by atoms with Crippen LogP contribution in [0.1, 0.15) is 25.3 Å². The summed E-state index contributed by atoms with van der Waals surface area (Å²) in [4.78, 5) is 0. The normalized spacial score (nSPS) is 17.4. The van der Waals surface area contributed by atoms with Crippen LogP contribution in [-0.2, 0) is 6.54 Å². The average molecular weight is 303 g/mol. The van der Waals surface area contributed by atoms with Gasteiger partial charge in [-0.1, -0.05) is 24.6 Å². The van der Waals surface area contributed by atoms with E-state index in [1.165, 1.54) is 18.4 Å². The maximum atomic E-state index is 5.95. The first kappa shape index (κ1) is 12.4. The van der Waals surface area contributed by atoms with Crippen LogP contribution >= 0.6 is 27.5 Å². The topological polar surface area (TPSA) is 12.0 Å². The summed E-state index contributed by atoms with van der Waals surface area (Å²) in [6.45, 7) is 4.38. The Morgan fingerprint density at radius 1 is 1.50 bits per heavy atom. The van der Waals surface area contributed by atoms with Gasteiger partial charge < -0.3 is 5.32 Å². The van der Waals surface area contributed by atoms with Crippen molar-refractivity contribution in [3.05, 3.63) is 33.3 Å². The molecule has 0 aliphatic heterocycles. The maximum absolute atomic E-state index is 5.95. The Morgan fingerprint density at radius 2 is 2.25 bits per heavy atom. The predicted molar refractivity (Wildman–Crippen MR) is 72.7 cm³/mol. The zero-order valence-electron chi connectivity index (χ0n) is 9.47. The lowest BCUT2D eigenvalue weighted by Gasteiger charge is -2.11. The van der Waals surface area contributed by atoms with Crippen LogP contribution in [0.4, 0.5) is 0 Å². The molecular formula is C13H17BrClN. The van der Waals surface area contributed by atoms with Gasteiger partial charge in [0, 0.05) is 11.0 Å². The number of rotatable bonds is 5. The molecule has 0 radical (unpaired) electrons. The highest BCUT2D eigenvalue weighted by Crippen LogP contribution is 2.36. The van der Waals surface area contributed by atoms with Crippen LogP contribution < -0.4 is 5.32 Å². The van der Waals surface area contributed by atoms with Gasteiger partial charge in [0.1, 0.15) is 0 Å². The Kier molecular flexibility index (Phi) is 4.28. The molecule has 0 spiro atoms. The Balaban J connectivity index is 1.78. The zero-order valence-corrected chi connectivity index (χ0v) is 11.8. The summed E-state index contributed by atoms with van der Waals surface area (Å²) in [6, 6.07) is 6.09. The predicted octanol–water partition coefficient (Wildman–Crippen LogP) is 4.24. The van der Waals surface area contributed by atoms with Gasteiger partial charge in [-0.2, -0.15) is 0 Å². The smallest absolute Gasteiger partial charge is 0.0548 e. The fourth-order valence-corrected chi connectivity index (χ4v) is 2.47. The van der Waals surface area contributed by atoms with Gasteiger partial charge in [-0.15, -0.1) is 0 Å². The molecule has 88 valence electrons. The molecule has 0 heterocycles. The minimum Gasteiger partial charge on any atom is -0.312 e. The summed E-state index contributed by atoms with van der Waals surface area (Å²) in [5.74, 6) is 1.79. The Morgan fingerprint density at radius 3 is 2.88 bits per heavy atom. The quantitative estimate of drug-likeness (QED) is 0.858. The third-order valence-corrected chi connectivity index (χ3v) is 4.42. The third-order valence-electron chi connectivity index (χ3n) is 3.21. The molecule has 2 rings (SSSR count). The second-order valence-electron chi connectivity index (χ2n) is 4.69.